The van der Waals surface area contributed by atoms with Crippen LogP contribution < -0.4 is 4.74 Å². The largest absolute Gasteiger partial charge is 0.495 e. The zero-order chi connectivity index (χ0) is 11.6. The highest BCUT2D eigenvalue weighted by Crippen LogP contribution is 2.37. The Labute approximate surface area is 83.1 Å². The highest BCUT2D eigenvalue weighted by atomic mass is 19.4. The van der Waals surface area contributed by atoms with E-state index in [2.05, 4.69) is 4.74 Å². The van der Waals surface area contributed by atoms with Crippen LogP contribution in [0.2, 0.25) is 0 Å². The number of halogens is 3. The molecule has 1 aromatic carbocycles. The molecule has 0 unspecified atom stereocenters. The van der Waals surface area contributed by atoms with Crippen LogP contribution in [-0.2, 0) is 6.18 Å². The Morgan fingerprint density at radius 2 is 2.00 bits per heavy atom. The van der Waals surface area contributed by atoms with Gasteiger partial charge in [0.25, 0.3) is 0 Å². The molecule has 0 bridgehead atoms. The summed E-state index contributed by atoms with van der Waals surface area (Å²) in [5.41, 5.74) is -1.60. The zero-order valence-electron chi connectivity index (χ0n) is 7.63. The van der Waals surface area contributed by atoms with Crippen LogP contribution >= 0.6 is 0 Å². The molecule has 0 spiro atoms. The molecule has 15 heavy (non-hydrogen) atoms. The predicted molar refractivity (Wildman–Crippen MR) is 45.0 cm³/mol. The van der Waals surface area contributed by atoms with Crippen molar-refractivity contribution in [3.8, 4) is 5.75 Å². The topological polar surface area (TPSA) is 46.5 Å². The standard InChI is InChI=1S/C9H7F3O3/c1-15-7-5(8(13)14)3-2-4-6(7)9(10,11)12/h2-4H,1H3,(H,13,14). The molecule has 0 radical (unpaired) electrons. The van der Waals surface area contributed by atoms with Gasteiger partial charge in [0.15, 0.2) is 0 Å². The summed E-state index contributed by atoms with van der Waals surface area (Å²) < 4.78 is 41.7. The van der Waals surface area contributed by atoms with E-state index < -0.39 is 29.0 Å². The molecule has 82 valence electrons. The number of para-hydroxylation sites is 1. The van der Waals surface area contributed by atoms with Gasteiger partial charge in [0.2, 0.25) is 0 Å². The molecule has 0 saturated carbocycles. The van der Waals surface area contributed by atoms with Gasteiger partial charge >= 0.3 is 12.1 Å². The van der Waals surface area contributed by atoms with Gasteiger partial charge in [0, 0.05) is 0 Å². The molecule has 0 heterocycles. The van der Waals surface area contributed by atoms with Gasteiger partial charge in [0.05, 0.1) is 12.7 Å². The summed E-state index contributed by atoms with van der Waals surface area (Å²) >= 11 is 0. The van der Waals surface area contributed by atoms with Gasteiger partial charge < -0.3 is 9.84 Å². The average molecular weight is 220 g/mol. The van der Waals surface area contributed by atoms with Gasteiger partial charge in [-0.25, -0.2) is 4.79 Å². The number of carboxylic acid groups (broad SMARTS) is 1. The van der Waals surface area contributed by atoms with E-state index in [4.69, 9.17) is 5.11 Å². The maximum Gasteiger partial charge on any atom is 0.419 e. The van der Waals surface area contributed by atoms with Crippen LogP contribution in [0.25, 0.3) is 0 Å². The van der Waals surface area contributed by atoms with Gasteiger partial charge in [-0.15, -0.1) is 0 Å². The highest BCUT2D eigenvalue weighted by Gasteiger charge is 2.36. The lowest BCUT2D eigenvalue weighted by Gasteiger charge is -2.13. The molecule has 0 amide bonds. The fraction of sp³-hybridized carbons (Fsp3) is 0.222. The number of methoxy groups -OCH3 is 1. The van der Waals surface area contributed by atoms with E-state index in [9.17, 15) is 18.0 Å². The Morgan fingerprint density at radius 3 is 2.40 bits per heavy atom. The van der Waals surface area contributed by atoms with Crippen molar-refractivity contribution in [3.05, 3.63) is 29.3 Å². The second-order valence-electron chi connectivity index (χ2n) is 2.69. The lowest BCUT2D eigenvalue weighted by molar-refractivity contribution is -0.138. The van der Waals surface area contributed by atoms with Gasteiger partial charge in [0.1, 0.15) is 11.3 Å². The number of hydrogen-bond acceptors (Lipinski definition) is 2. The number of aromatic carboxylic acids is 1. The number of alkyl halides is 3. The van der Waals surface area contributed by atoms with E-state index >= 15 is 0 Å². The van der Waals surface area contributed by atoms with Crippen molar-refractivity contribution >= 4 is 5.97 Å². The Balaban J connectivity index is 3.42. The fourth-order valence-electron chi connectivity index (χ4n) is 1.15. The van der Waals surface area contributed by atoms with Gasteiger partial charge in [-0.1, -0.05) is 6.07 Å². The molecule has 1 N–H and O–H groups in total. The van der Waals surface area contributed by atoms with Gasteiger partial charge in [-0.05, 0) is 12.1 Å². The molecule has 0 aliphatic rings. The van der Waals surface area contributed by atoms with E-state index in [1.165, 1.54) is 0 Å². The number of carbonyl (C=O) groups is 1. The summed E-state index contributed by atoms with van der Waals surface area (Å²) in [4.78, 5) is 10.6. The number of carboxylic acids is 1. The third kappa shape index (κ3) is 2.20. The summed E-state index contributed by atoms with van der Waals surface area (Å²) in [6, 6.07) is 2.84. The first-order chi connectivity index (χ1) is 6.88. The molecule has 0 saturated heterocycles. The number of ether oxygens (including phenoxy) is 1. The lowest BCUT2D eigenvalue weighted by Crippen LogP contribution is -2.11. The second-order valence-corrected chi connectivity index (χ2v) is 2.69. The van der Waals surface area contributed by atoms with Crippen molar-refractivity contribution in [2.75, 3.05) is 7.11 Å². The Morgan fingerprint density at radius 1 is 1.40 bits per heavy atom. The van der Waals surface area contributed by atoms with Crippen molar-refractivity contribution in [2.24, 2.45) is 0 Å². The minimum Gasteiger partial charge on any atom is -0.495 e. The minimum atomic E-state index is -4.63. The van der Waals surface area contributed by atoms with Crippen molar-refractivity contribution < 1.29 is 27.8 Å². The van der Waals surface area contributed by atoms with Gasteiger partial charge in [-0.3, -0.25) is 0 Å². The zero-order valence-corrected chi connectivity index (χ0v) is 7.63. The van der Waals surface area contributed by atoms with E-state index in [0.717, 1.165) is 25.3 Å². The van der Waals surface area contributed by atoms with Crippen molar-refractivity contribution in [2.45, 2.75) is 6.18 Å². The first-order valence-corrected chi connectivity index (χ1v) is 3.85. The molecule has 3 nitrogen and oxygen atoms in total. The van der Waals surface area contributed by atoms with Gasteiger partial charge in [-0.2, -0.15) is 13.2 Å². The lowest BCUT2D eigenvalue weighted by atomic mass is 10.1. The number of hydrogen-bond donors (Lipinski definition) is 1. The first kappa shape index (κ1) is 11.4. The minimum absolute atomic E-state index is 0.507. The monoisotopic (exact) mass is 220 g/mol. The molecule has 1 rings (SSSR count). The van der Waals surface area contributed by atoms with E-state index in [0.29, 0.717) is 0 Å². The molecular weight excluding hydrogens is 213 g/mol. The van der Waals surface area contributed by atoms with Crippen LogP contribution in [0.5, 0.6) is 5.75 Å². The Bertz CT molecular complexity index is 385. The first-order valence-electron chi connectivity index (χ1n) is 3.85. The number of rotatable bonds is 2. The van der Waals surface area contributed by atoms with Crippen LogP contribution in [0.4, 0.5) is 13.2 Å². The molecule has 6 heteroatoms. The summed E-state index contributed by atoms with van der Waals surface area (Å²) in [7, 11) is 0.997. The quantitative estimate of drug-likeness (QED) is 0.832. The van der Waals surface area contributed by atoms with Crippen molar-refractivity contribution in [1.29, 1.82) is 0 Å². The predicted octanol–water partition coefficient (Wildman–Crippen LogP) is 2.41. The molecule has 0 aromatic heterocycles. The van der Waals surface area contributed by atoms with Crippen LogP contribution in [0.3, 0.4) is 0 Å². The fourth-order valence-corrected chi connectivity index (χ4v) is 1.15. The van der Waals surface area contributed by atoms with Crippen LogP contribution in [0.1, 0.15) is 15.9 Å². The molecular formula is C9H7F3O3. The summed E-state index contributed by atoms with van der Waals surface area (Å²) in [5, 5.41) is 8.64. The highest BCUT2D eigenvalue weighted by molar-refractivity contribution is 5.91. The van der Waals surface area contributed by atoms with E-state index in [1.54, 1.807) is 0 Å². The van der Waals surface area contributed by atoms with Crippen LogP contribution in [-0.4, -0.2) is 18.2 Å². The third-order valence-corrected chi connectivity index (χ3v) is 1.75. The summed E-state index contributed by atoms with van der Waals surface area (Å²) in [5.74, 6) is -2.13. The molecule has 0 aliphatic heterocycles. The third-order valence-electron chi connectivity index (χ3n) is 1.75. The van der Waals surface area contributed by atoms with Crippen LogP contribution in [0.15, 0.2) is 18.2 Å². The molecule has 0 aliphatic carbocycles. The number of benzene rings is 1. The SMILES string of the molecule is COc1c(C(=O)O)cccc1C(F)(F)F. The Kier molecular flexibility index (Phi) is 2.88. The van der Waals surface area contributed by atoms with Crippen molar-refractivity contribution in [1.82, 2.24) is 0 Å². The molecule has 1 aromatic rings. The van der Waals surface area contributed by atoms with Crippen molar-refractivity contribution in [3.63, 3.8) is 0 Å². The summed E-state index contributed by atoms with van der Waals surface area (Å²) in [6.07, 6.45) is -4.63. The molecule has 0 atom stereocenters. The van der Waals surface area contributed by atoms with E-state index in [-0.39, 0.29) is 0 Å². The second kappa shape index (κ2) is 3.80. The normalized spacial score (nSPS) is 11.2. The molecule has 0 fully saturated rings. The maximum absolute atomic E-state index is 12.4. The maximum atomic E-state index is 12.4. The Hall–Kier alpha value is -1.72. The smallest absolute Gasteiger partial charge is 0.419 e. The van der Waals surface area contributed by atoms with E-state index in [1.807, 2.05) is 0 Å². The van der Waals surface area contributed by atoms with Crippen LogP contribution in [0, 0.1) is 0 Å². The average Bonchev–Trinajstić information content (AvgIpc) is 2.15. The summed E-state index contributed by atoms with van der Waals surface area (Å²) in [6.45, 7) is 0.